The number of anilines is 2. The highest BCUT2D eigenvalue weighted by atomic mass is 19.4. The fourth-order valence-electron chi connectivity index (χ4n) is 3.32. The molecule has 1 aromatic carbocycles. The van der Waals surface area contributed by atoms with Crippen molar-refractivity contribution in [3.8, 4) is 0 Å². The van der Waals surface area contributed by atoms with Gasteiger partial charge in [0, 0.05) is 38.3 Å². The first-order chi connectivity index (χ1) is 14.6. The van der Waals surface area contributed by atoms with Crippen LogP contribution in [0.3, 0.4) is 0 Å². The lowest BCUT2D eigenvalue weighted by molar-refractivity contribution is -0.137. The van der Waals surface area contributed by atoms with Crippen LogP contribution in [0.15, 0.2) is 42.6 Å². The third-order valence-corrected chi connectivity index (χ3v) is 5.37. The van der Waals surface area contributed by atoms with Gasteiger partial charge in [0.2, 0.25) is 0 Å². The lowest BCUT2D eigenvalue weighted by Gasteiger charge is -2.36. The second-order valence-electron chi connectivity index (χ2n) is 8.04. The van der Waals surface area contributed by atoms with Gasteiger partial charge in [-0.15, -0.1) is 0 Å². The number of nitrogens with one attached hydrogen (secondary N) is 1. The van der Waals surface area contributed by atoms with Crippen molar-refractivity contribution >= 4 is 17.4 Å². The third-order valence-electron chi connectivity index (χ3n) is 5.37. The predicted molar refractivity (Wildman–Crippen MR) is 113 cm³/mol. The number of amides is 1. The molecule has 1 aromatic heterocycles. The highest BCUT2D eigenvalue weighted by molar-refractivity contribution is 6.04. The summed E-state index contributed by atoms with van der Waals surface area (Å²) in [6, 6.07) is 7.76. The van der Waals surface area contributed by atoms with Crippen molar-refractivity contribution < 1.29 is 23.1 Å². The Balaban J connectivity index is 1.56. The Morgan fingerprint density at radius 3 is 2.45 bits per heavy atom. The molecule has 1 aliphatic heterocycles. The molecule has 3 rings (SSSR count). The van der Waals surface area contributed by atoms with Crippen LogP contribution in [0.1, 0.15) is 29.8 Å². The standard InChI is InChI=1S/C22H27F3N4O2/c1-15(2)19(30)14-28-8-10-29(11-9-28)20-7-6-18(13-26-20)27-21(31)16-4-3-5-17(12-16)22(23,24)25/h3-7,12-13,15,19,30H,8-11,14H2,1-2H3,(H,27,31). The molecule has 1 saturated heterocycles. The lowest BCUT2D eigenvalue weighted by atomic mass is 10.1. The van der Waals surface area contributed by atoms with E-state index in [-0.39, 0.29) is 17.6 Å². The maximum Gasteiger partial charge on any atom is 0.416 e. The minimum Gasteiger partial charge on any atom is -0.392 e. The van der Waals surface area contributed by atoms with Crippen LogP contribution in [0, 0.1) is 5.92 Å². The van der Waals surface area contributed by atoms with Gasteiger partial charge in [-0.3, -0.25) is 9.69 Å². The fraction of sp³-hybridized carbons (Fsp3) is 0.455. The smallest absolute Gasteiger partial charge is 0.392 e. The van der Waals surface area contributed by atoms with E-state index in [0.717, 1.165) is 44.1 Å². The summed E-state index contributed by atoms with van der Waals surface area (Å²) in [6.45, 7) is 7.83. The van der Waals surface area contributed by atoms with Gasteiger partial charge in [-0.05, 0) is 36.2 Å². The molecule has 0 spiro atoms. The van der Waals surface area contributed by atoms with E-state index in [1.165, 1.54) is 18.3 Å². The molecule has 2 aromatic rings. The highest BCUT2D eigenvalue weighted by Crippen LogP contribution is 2.29. The molecule has 1 fully saturated rings. The Morgan fingerprint density at radius 2 is 1.87 bits per heavy atom. The summed E-state index contributed by atoms with van der Waals surface area (Å²) < 4.78 is 38.5. The van der Waals surface area contributed by atoms with Crippen molar-refractivity contribution in [1.82, 2.24) is 9.88 Å². The first-order valence-corrected chi connectivity index (χ1v) is 10.2. The van der Waals surface area contributed by atoms with Crippen molar-refractivity contribution in [2.45, 2.75) is 26.1 Å². The van der Waals surface area contributed by atoms with E-state index in [2.05, 4.69) is 20.1 Å². The summed E-state index contributed by atoms with van der Waals surface area (Å²) in [5.41, 5.74) is -0.530. The van der Waals surface area contributed by atoms with Gasteiger partial charge in [0.25, 0.3) is 5.91 Å². The molecular formula is C22H27F3N4O2. The van der Waals surface area contributed by atoms with Crippen molar-refractivity contribution in [2.75, 3.05) is 42.9 Å². The molecule has 2 N–H and O–H groups in total. The number of nitrogens with zero attached hydrogens (tertiary/aromatic N) is 3. The van der Waals surface area contributed by atoms with E-state index in [4.69, 9.17) is 0 Å². The van der Waals surface area contributed by atoms with Crippen molar-refractivity contribution in [3.63, 3.8) is 0 Å². The number of pyridine rings is 1. The van der Waals surface area contributed by atoms with Gasteiger partial charge in [-0.25, -0.2) is 4.98 Å². The van der Waals surface area contributed by atoms with Gasteiger partial charge in [0.1, 0.15) is 5.82 Å². The summed E-state index contributed by atoms with van der Waals surface area (Å²) >= 11 is 0. The Kier molecular flexibility index (Phi) is 7.17. The van der Waals surface area contributed by atoms with E-state index in [0.29, 0.717) is 12.2 Å². The molecule has 31 heavy (non-hydrogen) atoms. The first-order valence-electron chi connectivity index (χ1n) is 10.2. The lowest BCUT2D eigenvalue weighted by Crippen LogP contribution is -2.49. The molecule has 9 heteroatoms. The zero-order valence-corrected chi connectivity index (χ0v) is 17.6. The summed E-state index contributed by atoms with van der Waals surface area (Å²) in [5.74, 6) is 0.359. The van der Waals surface area contributed by atoms with Crippen molar-refractivity contribution in [3.05, 3.63) is 53.7 Å². The molecular weight excluding hydrogens is 409 g/mol. The van der Waals surface area contributed by atoms with Crippen LogP contribution in [0.2, 0.25) is 0 Å². The van der Waals surface area contributed by atoms with Gasteiger partial charge in [-0.1, -0.05) is 19.9 Å². The number of piperazine rings is 1. The normalized spacial score (nSPS) is 16.4. The minimum atomic E-state index is -4.50. The summed E-state index contributed by atoms with van der Waals surface area (Å²) in [4.78, 5) is 21.0. The van der Waals surface area contributed by atoms with E-state index in [9.17, 15) is 23.1 Å². The number of hydrogen-bond donors (Lipinski definition) is 2. The minimum absolute atomic E-state index is 0.0707. The number of alkyl halides is 3. The first kappa shape index (κ1) is 23.0. The van der Waals surface area contributed by atoms with Crippen molar-refractivity contribution in [1.29, 1.82) is 0 Å². The molecule has 0 bridgehead atoms. The van der Waals surface area contributed by atoms with Gasteiger partial charge >= 0.3 is 6.18 Å². The highest BCUT2D eigenvalue weighted by Gasteiger charge is 2.31. The van der Waals surface area contributed by atoms with Gasteiger partial charge in [0.05, 0.1) is 23.6 Å². The van der Waals surface area contributed by atoms with Crippen LogP contribution in [-0.4, -0.2) is 59.7 Å². The van der Waals surface area contributed by atoms with E-state index < -0.39 is 17.6 Å². The number of carbonyl (C=O) groups excluding carboxylic acids is 1. The van der Waals surface area contributed by atoms with Crippen LogP contribution in [0.4, 0.5) is 24.7 Å². The molecule has 0 radical (unpaired) electrons. The number of aliphatic hydroxyl groups excluding tert-OH is 1. The SMILES string of the molecule is CC(C)C(O)CN1CCN(c2ccc(NC(=O)c3cccc(C(F)(F)F)c3)cn2)CC1. The molecule has 168 valence electrons. The van der Waals surface area contributed by atoms with Gasteiger partial charge in [0.15, 0.2) is 0 Å². The number of β-amino-alcohol motifs (C(OH)–C–C–N with tert-alkyl or cyclic N) is 1. The molecule has 0 aliphatic carbocycles. The second-order valence-corrected chi connectivity index (χ2v) is 8.04. The summed E-state index contributed by atoms with van der Waals surface area (Å²) in [5, 5.41) is 12.6. The molecule has 1 atom stereocenters. The third kappa shape index (κ3) is 6.18. The zero-order chi connectivity index (χ0) is 22.6. The van der Waals surface area contributed by atoms with Crippen LogP contribution >= 0.6 is 0 Å². The summed E-state index contributed by atoms with van der Waals surface area (Å²) in [6.07, 6.45) is -3.35. The maximum absolute atomic E-state index is 12.8. The Bertz CT molecular complexity index is 879. The monoisotopic (exact) mass is 436 g/mol. The Hall–Kier alpha value is -2.65. The largest absolute Gasteiger partial charge is 0.416 e. The van der Waals surface area contributed by atoms with Crippen molar-refractivity contribution in [2.24, 2.45) is 5.92 Å². The van der Waals surface area contributed by atoms with E-state index >= 15 is 0 Å². The molecule has 1 amide bonds. The second kappa shape index (κ2) is 9.65. The topological polar surface area (TPSA) is 68.7 Å². The maximum atomic E-state index is 12.8. The number of rotatable bonds is 6. The average molecular weight is 436 g/mol. The quantitative estimate of drug-likeness (QED) is 0.726. The number of aromatic nitrogens is 1. The molecule has 2 heterocycles. The number of halogens is 3. The van der Waals surface area contributed by atoms with Gasteiger partial charge in [-0.2, -0.15) is 13.2 Å². The van der Waals surface area contributed by atoms with E-state index in [1.807, 2.05) is 13.8 Å². The molecule has 1 aliphatic rings. The van der Waals surface area contributed by atoms with Crippen LogP contribution in [0.25, 0.3) is 0 Å². The molecule has 6 nitrogen and oxygen atoms in total. The van der Waals surface area contributed by atoms with Crippen LogP contribution in [0.5, 0.6) is 0 Å². The number of benzene rings is 1. The number of hydrogen-bond acceptors (Lipinski definition) is 5. The number of carbonyl (C=O) groups is 1. The molecule has 0 saturated carbocycles. The fourth-order valence-corrected chi connectivity index (χ4v) is 3.32. The van der Waals surface area contributed by atoms with E-state index in [1.54, 1.807) is 12.1 Å². The summed E-state index contributed by atoms with van der Waals surface area (Å²) in [7, 11) is 0. The van der Waals surface area contributed by atoms with Crippen LogP contribution in [-0.2, 0) is 6.18 Å². The number of aliphatic hydroxyl groups is 1. The van der Waals surface area contributed by atoms with Gasteiger partial charge < -0.3 is 15.3 Å². The van der Waals surface area contributed by atoms with Crippen LogP contribution < -0.4 is 10.2 Å². The zero-order valence-electron chi connectivity index (χ0n) is 17.6. The molecule has 1 unspecified atom stereocenters. The Morgan fingerprint density at radius 1 is 1.16 bits per heavy atom. The predicted octanol–water partition coefficient (Wildman–Crippen LogP) is 3.49. The Labute approximate surface area is 179 Å². The average Bonchev–Trinajstić information content (AvgIpc) is 2.74.